The lowest BCUT2D eigenvalue weighted by Crippen LogP contribution is -2.27. The van der Waals surface area contributed by atoms with E-state index in [2.05, 4.69) is 15.6 Å². The van der Waals surface area contributed by atoms with Crippen LogP contribution in [0.1, 0.15) is 5.56 Å². The molecule has 1 aromatic heterocycles. The molecular formula is C14H14ClN3O. The number of aromatic nitrogens is 1. The summed E-state index contributed by atoms with van der Waals surface area (Å²) in [4.78, 5) is 15.6. The van der Waals surface area contributed by atoms with Gasteiger partial charge in [0.2, 0.25) is 5.91 Å². The van der Waals surface area contributed by atoms with Crippen LogP contribution in [0.5, 0.6) is 0 Å². The topological polar surface area (TPSA) is 54.0 Å². The summed E-state index contributed by atoms with van der Waals surface area (Å²) in [5.41, 5.74) is 1.14. The molecule has 0 fully saturated rings. The third kappa shape index (κ3) is 4.69. The maximum absolute atomic E-state index is 11.6. The molecule has 0 bridgehead atoms. The van der Waals surface area contributed by atoms with E-state index >= 15 is 0 Å². The zero-order valence-corrected chi connectivity index (χ0v) is 11.0. The van der Waals surface area contributed by atoms with E-state index in [1.54, 1.807) is 12.1 Å². The molecule has 98 valence electrons. The highest BCUT2D eigenvalue weighted by Crippen LogP contribution is 2.09. The van der Waals surface area contributed by atoms with E-state index < -0.39 is 0 Å². The highest BCUT2D eigenvalue weighted by Gasteiger charge is 2.02. The number of hydrogen-bond donors (Lipinski definition) is 2. The maximum Gasteiger partial charge on any atom is 0.239 e. The Bertz CT molecular complexity index is 528. The monoisotopic (exact) mass is 275 g/mol. The first-order valence-electron chi connectivity index (χ1n) is 5.90. The maximum atomic E-state index is 11.6. The second-order valence-corrected chi connectivity index (χ2v) is 4.44. The van der Waals surface area contributed by atoms with Gasteiger partial charge in [-0.25, -0.2) is 4.98 Å². The molecule has 0 spiro atoms. The minimum absolute atomic E-state index is 0.134. The molecule has 0 aliphatic heterocycles. The number of carbonyl (C=O) groups excluding carboxylic acids is 1. The van der Waals surface area contributed by atoms with E-state index in [0.717, 1.165) is 5.56 Å². The Morgan fingerprint density at radius 1 is 1.16 bits per heavy atom. The Labute approximate surface area is 116 Å². The zero-order valence-electron chi connectivity index (χ0n) is 10.3. The van der Waals surface area contributed by atoms with Gasteiger partial charge in [0.25, 0.3) is 0 Å². The molecule has 5 heteroatoms. The highest BCUT2D eigenvalue weighted by atomic mass is 35.5. The van der Waals surface area contributed by atoms with Gasteiger partial charge in [0.05, 0.1) is 11.6 Å². The number of benzene rings is 1. The average molecular weight is 276 g/mol. The first-order valence-corrected chi connectivity index (χ1v) is 6.28. The van der Waals surface area contributed by atoms with Crippen molar-refractivity contribution in [3.05, 3.63) is 59.2 Å². The van der Waals surface area contributed by atoms with Gasteiger partial charge in [-0.15, -0.1) is 0 Å². The van der Waals surface area contributed by atoms with Gasteiger partial charge in [0.1, 0.15) is 5.82 Å². The van der Waals surface area contributed by atoms with Crippen molar-refractivity contribution in [3.63, 3.8) is 0 Å². The second-order valence-electron chi connectivity index (χ2n) is 4.00. The van der Waals surface area contributed by atoms with Crippen molar-refractivity contribution in [2.45, 2.75) is 6.54 Å². The Hall–Kier alpha value is -1.91. The first-order chi connectivity index (χ1) is 9.24. The average Bonchev–Trinajstić information content (AvgIpc) is 2.43. The van der Waals surface area contributed by atoms with Crippen LogP contribution in [0.25, 0.3) is 0 Å². The summed E-state index contributed by atoms with van der Waals surface area (Å²) in [5.74, 6) is 0.363. The Morgan fingerprint density at radius 3 is 2.63 bits per heavy atom. The fourth-order valence-electron chi connectivity index (χ4n) is 1.55. The van der Waals surface area contributed by atoms with Crippen LogP contribution in [0.3, 0.4) is 0 Å². The SMILES string of the molecule is O=C(CNCc1ccccc1)Nc1ccc(Cl)cn1. The minimum Gasteiger partial charge on any atom is -0.310 e. The van der Waals surface area contributed by atoms with Gasteiger partial charge in [-0.05, 0) is 17.7 Å². The van der Waals surface area contributed by atoms with Crippen molar-refractivity contribution >= 4 is 23.3 Å². The predicted molar refractivity (Wildman–Crippen MR) is 76.0 cm³/mol. The van der Waals surface area contributed by atoms with Crippen molar-refractivity contribution < 1.29 is 4.79 Å². The van der Waals surface area contributed by atoms with Crippen LogP contribution in [-0.2, 0) is 11.3 Å². The van der Waals surface area contributed by atoms with Crippen LogP contribution in [0.4, 0.5) is 5.82 Å². The van der Waals surface area contributed by atoms with Crippen LogP contribution in [0, 0.1) is 0 Å². The molecule has 0 atom stereocenters. The highest BCUT2D eigenvalue weighted by molar-refractivity contribution is 6.30. The van der Waals surface area contributed by atoms with Crippen LogP contribution in [0.15, 0.2) is 48.7 Å². The molecule has 1 heterocycles. The normalized spacial score (nSPS) is 10.2. The molecule has 0 aliphatic carbocycles. The van der Waals surface area contributed by atoms with E-state index in [4.69, 9.17) is 11.6 Å². The van der Waals surface area contributed by atoms with Gasteiger partial charge < -0.3 is 10.6 Å². The van der Waals surface area contributed by atoms with Crippen molar-refractivity contribution in [2.24, 2.45) is 0 Å². The van der Waals surface area contributed by atoms with Crippen LogP contribution < -0.4 is 10.6 Å². The summed E-state index contributed by atoms with van der Waals surface area (Å²) in [6, 6.07) is 13.3. The smallest absolute Gasteiger partial charge is 0.239 e. The quantitative estimate of drug-likeness (QED) is 0.881. The summed E-state index contributed by atoms with van der Waals surface area (Å²) in [6.07, 6.45) is 1.49. The Morgan fingerprint density at radius 2 is 1.95 bits per heavy atom. The summed E-state index contributed by atoms with van der Waals surface area (Å²) >= 11 is 5.71. The first kappa shape index (κ1) is 13.5. The van der Waals surface area contributed by atoms with Crippen LogP contribution in [-0.4, -0.2) is 17.4 Å². The summed E-state index contributed by atoms with van der Waals surface area (Å²) < 4.78 is 0. The molecule has 2 rings (SSSR count). The van der Waals surface area contributed by atoms with Crippen molar-refractivity contribution in [1.82, 2.24) is 10.3 Å². The fraction of sp³-hybridized carbons (Fsp3) is 0.143. The number of pyridine rings is 1. The molecule has 2 N–H and O–H groups in total. The molecule has 19 heavy (non-hydrogen) atoms. The van der Waals surface area contributed by atoms with Gasteiger partial charge in [-0.3, -0.25) is 4.79 Å². The molecule has 0 saturated carbocycles. The zero-order chi connectivity index (χ0) is 13.5. The van der Waals surface area contributed by atoms with Crippen molar-refractivity contribution in [2.75, 3.05) is 11.9 Å². The molecule has 1 amide bonds. The molecule has 0 radical (unpaired) electrons. The Kier molecular flexibility index (Phi) is 4.89. The number of nitrogens with zero attached hydrogens (tertiary/aromatic N) is 1. The van der Waals surface area contributed by atoms with Gasteiger partial charge in [0, 0.05) is 12.7 Å². The Balaban J connectivity index is 1.74. The summed E-state index contributed by atoms with van der Waals surface area (Å²) in [6.45, 7) is 0.890. The lowest BCUT2D eigenvalue weighted by Gasteiger charge is -2.06. The lowest BCUT2D eigenvalue weighted by molar-refractivity contribution is -0.115. The van der Waals surface area contributed by atoms with Crippen molar-refractivity contribution in [1.29, 1.82) is 0 Å². The summed E-state index contributed by atoms with van der Waals surface area (Å²) in [7, 11) is 0. The summed E-state index contributed by atoms with van der Waals surface area (Å²) in [5, 5.41) is 6.29. The largest absolute Gasteiger partial charge is 0.310 e. The van der Waals surface area contributed by atoms with Gasteiger partial charge in [0.15, 0.2) is 0 Å². The number of nitrogens with one attached hydrogen (secondary N) is 2. The number of halogens is 1. The second kappa shape index (κ2) is 6.87. The van der Waals surface area contributed by atoms with E-state index in [1.165, 1.54) is 6.20 Å². The predicted octanol–water partition coefficient (Wildman–Crippen LogP) is 2.46. The fourth-order valence-corrected chi connectivity index (χ4v) is 1.66. The molecule has 2 aromatic rings. The van der Waals surface area contributed by atoms with E-state index in [9.17, 15) is 4.79 Å². The number of carbonyl (C=O) groups is 1. The van der Waals surface area contributed by atoms with Gasteiger partial charge in [-0.2, -0.15) is 0 Å². The van der Waals surface area contributed by atoms with Gasteiger partial charge >= 0.3 is 0 Å². The molecular weight excluding hydrogens is 262 g/mol. The van der Waals surface area contributed by atoms with E-state index in [1.807, 2.05) is 30.3 Å². The third-order valence-electron chi connectivity index (χ3n) is 2.45. The lowest BCUT2D eigenvalue weighted by atomic mass is 10.2. The van der Waals surface area contributed by atoms with Crippen LogP contribution in [0.2, 0.25) is 5.02 Å². The molecule has 0 aliphatic rings. The minimum atomic E-state index is -0.134. The van der Waals surface area contributed by atoms with Crippen molar-refractivity contribution in [3.8, 4) is 0 Å². The molecule has 4 nitrogen and oxygen atoms in total. The number of hydrogen-bond acceptors (Lipinski definition) is 3. The van der Waals surface area contributed by atoms with E-state index in [0.29, 0.717) is 17.4 Å². The van der Waals surface area contributed by atoms with E-state index in [-0.39, 0.29) is 12.5 Å². The number of amides is 1. The number of rotatable bonds is 5. The molecule has 0 unspecified atom stereocenters. The molecule has 0 saturated heterocycles. The van der Waals surface area contributed by atoms with Gasteiger partial charge in [-0.1, -0.05) is 41.9 Å². The molecule has 1 aromatic carbocycles. The standard InChI is InChI=1S/C14H14ClN3O/c15-12-6-7-13(17-9-12)18-14(19)10-16-8-11-4-2-1-3-5-11/h1-7,9,16H,8,10H2,(H,17,18,19). The number of anilines is 1. The third-order valence-corrected chi connectivity index (χ3v) is 2.68. The van der Waals surface area contributed by atoms with Crippen LogP contribution >= 0.6 is 11.6 Å².